The minimum absolute atomic E-state index is 0.00636. The standard InChI is InChI=1S/C87H136O17P2/c1-5-9-13-17-21-25-29-33-36-39-40-43-45-49-52-56-60-64-68-72-85(90)97-77-82(103-86(91)73-69-65-61-57-53-47-32-28-24-20-16-12-8-4)79-101-105(93,94)99-75-81(88)76-100-106(95,96)102-80-83(104-87(92)74-70-66-62-58-54-50-46-42-38-35-31-27-23-19-15-11-7-3)78-98-84(89)71-67-63-59-55-51-48-44-41-37-34-30-26-22-18-14-10-6-2/h9-11,13-15,21-23,25-28,32-38,40,43-44,46,48-50,52,55,58-60,62,64,81-83,88H,5-8,12,16-20,24,29-31,39,41-42,45,47,51,53-54,56-57,61,63,65-80H2,1-4H3,(H,93,94)(H,95,96)/b13-9-,14-10-,15-11-,25-21-,26-22-,27-23-,32-28-,36-33-,37-34-,38-35-,43-40-,48-44-,50-46-,52-49-,59-55-,62-58-,64-60-. The number of phosphoric acid groups is 2. The van der Waals surface area contributed by atoms with Crippen molar-refractivity contribution < 1.29 is 80.2 Å². The summed E-state index contributed by atoms with van der Waals surface area (Å²) in [6.45, 7) is 4.25. The average Bonchev–Trinajstić information content (AvgIpc) is 0.900. The monoisotopic (exact) mass is 1510 g/mol. The van der Waals surface area contributed by atoms with E-state index in [0.717, 1.165) is 135 Å². The molecule has 5 unspecified atom stereocenters. The van der Waals surface area contributed by atoms with Gasteiger partial charge in [-0.05, 0) is 167 Å². The summed E-state index contributed by atoms with van der Waals surface area (Å²) in [5, 5.41) is 10.6. The summed E-state index contributed by atoms with van der Waals surface area (Å²) in [5.74, 6) is -2.45. The third-order valence-electron chi connectivity index (χ3n) is 15.2. The largest absolute Gasteiger partial charge is 0.472 e. The van der Waals surface area contributed by atoms with Crippen LogP contribution in [0.5, 0.6) is 0 Å². The second-order valence-corrected chi connectivity index (χ2v) is 28.1. The third-order valence-corrected chi connectivity index (χ3v) is 17.1. The first-order valence-corrected chi connectivity index (χ1v) is 42.3. The van der Waals surface area contributed by atoms with Crippen LogP contribution in [0.1, 0.15) is 259 Å². The average molecular weight is 1520 g/mol. The van der Waals surface area contributed by atoms with E-state index in [1.807, 2.05) is 42.5 Å². The molecule has 596 valence electrons. The molecule has 0 aromatic heterocycles. The first kappa shape index (κ1) is 99.6. The number of hydrogen-bond donors (Lipinski definition) is 3. The van der Waals surface area contributed by atoms with Gasteiger partial charge in [-0.3, -0.25) is 37.3 Å². The van der Waals surface area contributed by atoms with E-state index in [1.165, 1.54) is 25.7 Å². The van der Waals surface area contributed by atoms with Gasteiger partial charge < -0.3 is 33.8 Å². The highest BCUT2D eigenvalue weighted by molar-refractivity contribution is 7.47. The highest BCUT2D eigenvalue weighted by Crippen LogP contribution is 2.45. The normalized spacial score (nSPS) is 15.0. The molecule has 0 fully saturated rings. The number of carbonyl (C=O) groups is 4. The van der Waals surface area contributed by atoms with Crippen molar-refractivity contribution in [2.45, 2.75) is 277 Å². The van der Waals surface area contributed by atoms with Crippen LogP contribution in [0.15, 0.2) is 207 Å². The molecule has 0 saturated carbocycles. The summed E-state index contributed by atoms with van der Waals surface area (Å²) in [5.41, 5.74) is 0. The minimum Gasteiger partial charge on any atom is -0.462 e. The highest BCUT2D eigenvalue weighted by Gasteiger charge is 2.30. The molecule has 3 N–H and O–H groups in total. The number of rotatable bonds is 71. The van der Waals surface area contributed by atoms with Crippen molar-refractivity contribution >= 4 is 39.5 Å². The Balaban J connectivity index is 5.55. The molecular formula is C87H136O17P2. The fraction of sp³-hybridized carbons (Fsp3) is 0.563. The summed E-state index contributed by atoms with van der Waals surface area (Å²) in [6, 6.07) is 0. The molecule has 0 bridgehead atoms. The number of hydrogen-bond acceptors (Lipinski definition) is 15. The molecule has 0 aliphatic rings. The first-order valence-electron chi connectivity index (χ1n) is 39.3. The SMILES string of the molecule is CC/C=C\C/C=C\C/C=C\C/C=C\C/C=C\C/C=C\CCC(=O)OCC(COP(=O)(O)OCC(O)COP(=O)(O)OCC(COC(=O)CCC/C=C\C/C=C\C/C=C\C/C=C\C/C=C\CC)OC(=O)CCC/C=C\C/C=C\C/C=C\C/C=C\C/C=C\CC)OC(=O)CCCCCCC/C=C\CCCCCC. The summed E-state index contributed by atoms with van der Waals surface area (Å²) < 4.78 is 68.3. The predicted octanol–water partition coefficient (Wildman–Crippen LogP) is 23.1. The Morgan fingerprint density at radius 1 is 0.274 bits per heavy atom. The molecule has 19 heteroatoms. The number of ether oxygens (including phenoxy) is 4. The molecule has 17 nitrogen and oxygen atoms in total. The fourth-order valence-corrected chi connectivity index (χ4v) is 10.9. The molecule has 0 aromatic carbocycles. The van der Waals surface area contributed by atoms with E-state index in [1.54, 1.807) is 0 Å². The van der Waals surface area contributed by atoms with Crippen molar-refractivity contribution in [3.8, 4) is 0 Å². The van der Waals surface area contributed by atoms with Crippen LogP contribution in [0.4, 0.5) is 0 Å². The number of aliphatic hydroxyl groups is 1. The molecule has 0 radical (unpaired) electrons. The Labute approximate surface area is 639 Å². The Kier molecular flexibility index (Phi) is 72.2. The molecule has 0 spiro atoms. The molecule has 106 heavy (non-hydrogen) atoms. The number of phosphoric ester groups is 2. The Hall–Kier alpha value is -6.36. The maximum atomic E-state index is 13.1. The number of unbranched alkanes of at least 4 members (excludes halogenated alkanes) is 11. The van der Waals surface area contributed by atoms with Crippen molar-refractivity contribution in [2.24, 2.45) is 0 Å². The molecule has 0 aromatic rings. The summed E-state index contributed by atoms with van der Waals surface area (Å²) in [4.78, 5) is 72.9. The van der Waals surface area contributed by atoms with Crippen LogP contribution in [-0.4, -0.2) is 96.7 Å². The van der Waals surface area contributed by atoms with Crippen LogP contribution in [-0.2, 0) is 65.4 Å². The second-order valence-electron chi connectivity index (χ2n) is 25.1. The molecule has 0 amide bonds. The van der Waals surface area contributed by atoms with Gasteiger partial charge in [-0.15, -0.1) is 0 Å². The van der Waals surface area contributed by atoms with E-state index in [0.29, 0.717) is 44.9 Å². The molecular weight excluding hydrogens is 1380 g/mol. The lowest BCUT2D eigenvalue weighted by Gasteiger charge is -2.21. The van der Waals surface area contributed by atoms with Gasteiger partial charge in [0.2, 0.25) is 0 Å². The zero-order valence-corrected chi connectivity index (χ0v) is 66.8. The summed E-state index contributed by atoms with van der Waals surface area (Å²) in [6.07, 6.45) is 95.6. The quantitative estimate of drug-likeness (QED) is 0.0169. The molecule has 0 aliphatic heterocycles. The van der Waals surface area contributed by atoms with E-state index in [-0.39, 0.29) is 25.7 Å². The van der Waals surface area contributed by atoms with Crippen molar-refractivity contribution in [1.82, 2.24) is 0 Å². The van der Waals surface area contributed by atoms with E-state index in [2.05, 4.69) is 192 Å². The fourth-order valence-electron chi connectivity index (χ4n) is 9.37. The van der Waals surface area contributed by atoms with E-state index in [9.17, 15) is 43.2 Å². The Morgan fingerprint density at radius 3 is 0.858 bits per heavy atom. The van der Waals surface area contributed by atoms with Crippen molar-refractivity contribution in [3.63, 3.8) is 0 Å². The van der Waals surface area contributed by atoms with Gasteiger partial charge in [0.05, 0.1) is 26.4 Å². The maximum absolute atomic E-state index is 13.1. The van der Waals surface area contributed by atoms with Crippen LogP contribution in [0, 0.1) is 0 Å². The molecule has 0 rings (SSSR count). The summed E-state index contributed by atoms with van der Waals surface area (Å²) >= 11 is 0. The molecule has 0 aliphatic carbocycles. The van der Waals surface area contributed by atoms with E-state index >= 15 is 0 Å². The lowest BCUT2D eigenvalue weighted by atomic mass is 10.1. The van der Waals surface area contributed by atoms with Gasteiger partial charge in [-0.25, -0.2) is 9.13 Å². The Bertz CT molecular complexity index is 2830. The zero-order valence-electron chi connectivity index (χ0n) is 65.0. The third kappa shape index (κ3) is 75.9. The van der Waals surface area contributed by atoms with Crippen LogP contribution >= 0.6 is 15.6 Å². The topological polar surface area (TPSA) is 237 Å². The van der Waals surface area contributed by atoms with Crippen molar-refractivity contribution in [2.75, 3.05) is 39.6 Å². The number of aliphatic hydroxyl groups excluding tert-OH is 1. The zero-order chi connectivity index (χ0) is 77.4. The molecule has 0 saturated heterocycles. The smallest absolute Gasteiger partial charge is 0.462 e. The van der Waals surface area contributed by atoms with Gasteiger partial charge in [0.25, 0.3) is 0 Å². The van der Waals surface area contributed by atoms with Gasteiger partial charge in [0, 0.05) is 25.7 Å². The van der Waals surface area contributed by atoms with E-state index in [4.69, 9.17) is 37.0 Å². The second kappa shape index (κ2) is 76.8. The molecule has 5 atom stereocenters. The first-order chi connectivity index (χ1) is 51.7. The van der Waals surface area contributed by atoms with Crippen LogP contribution in [0.2, 0.25) is 0 Å². The predicted molar refractivity (Wildman–Crippen MR) is 435 cm³/mol. The van der Waals surface area contributed by atoms with Gasteiger partial charge >= 0.3 is 39.5 Å². The Morgan fingerprint density at radius 2 is 0.519 bits per heavy atom. The lowest BCUT2D eigenvalue weighted by molar-refractivity contribution is -0.161. The lowest BCUT2D eigenvalue weighted by Crippen LogP contribution is -2.30. The van der Waals surface area contributed by atoms with Crippen molar-refractivity contribution in [3.05, 3.63) is 207 Å². The maximum Gasteiger partial charge on any atom is 0.472 e. The number of allylic oxidation sites excluding steroid dienone is 34. The van der Waals surface area contributed by atoms with Gasteiger partial charge in [0.1, 0.15) is 19.3 Å². The van der Waals surface area contributed by atoms with Crippen molar-refractivity contribution in [1.29, 1.82) is 0 Å². The van der Waals surface area contributed by atoms with Gasteiger partial charge in [0.15, 0.2) is 12.2 Å². The van der Waals surface area contributed by atoms with Gasteiger partial charge in [-0.1, -0.05) is 273 Å². The van der Waals surface area contributed by atoms with E-state index < -0.39 is 97.5 Å². The van der Waals surface area contributed by atoms with Crippen LogP contribution < -0.4 is 0 Å². The van der Waals surface area contributed by atoms with Crippen LogP contribution in [0.25, 0.3) is 0 Å². The number of esters is 4. The van der Waals surface area contributed by atoms with Crippen LogP contribution in [0.3, 0.4) is 0 Å². The summed E-state index contributed by atoms with van der Waals surface area (Å²) in [7, 11) is -10.0. The highest BCUT2D eigenvalue weighted by atomic mass is 31.2. The minimum atomic E-state index is -5.02. The molecule has 0 heterocycles. The number of carbonyl (C=O) groups excluding carboxylic acids is 4. The van der Waals surface area contributed by atoms with Gasteiger partial charge in [-0.2, -0.15) is 0 Å².